The predicted molar refractivity (Wildman–Crippen MR) is 147 cm³/mol. The molecule has 0 saturated carbocycles. The van der Waals surface area contributed by atoms with Crippen molar-refractivity contribution in [2.24, 2.45) is 9.98 Å². The van der Waals surface area contributed by atoms with E-state index in [1.54, 1.807) is 0 Å². The van der Waals surface area contributed by atoms with E-state index >= 15 is 0 Å². The zero-order chi connectivity index (χ0) is 25.6. The summed E-state index contributed by atoms with van der Waals surface area (Å²) in [7, 11) is 0. The molecule has 0 spiro atoms. The standard InChI is InChI=1S/C32H28N2O4/c1-3-11-23(12-4-1)19-35-29-17-9-7-15-25(29)31-33-27(21-37-31)28-22-38-32(34-28)26-16-8-10-18-30(26)36-20-24-13-5-2-6-14-24/h1-18,27-28H,19-22H2/t27-,28-/m1/s1. The Bertz CT molecular complexity index is 1330. The lowest BCUT2D eigenvalue weighted by Gasteiger charge is -2.11. The molecule has 4 aromatic rings. The Kier molecular flexibility index (Phi) is 7.02. The van der Waals surface area contributed by atoms with Crippen molar-refractivity contribution in [3.8, 4) is 11.5 Å². The van der Waals surface area contributed by atoms with Crippen LogP contribution in [-0.2, 0) is 22.7 Å². The molecule has 0 unspecified atom stereocenters. The minimum absolute atomic E-state index is 0.137. The summed E-state index contributed by atoms with van der Waals surface area (Å²) in [6.07, 6.45) is 0. The van der Waals surface area contributed by atoms with Crippen LogP contribution in [0.4, 0.5) is 0 Å². The quantitative estimate of drug-likeness (QED) is 0.288. The molecule has 0 radical (unpaired) electrons. The van der Waals surface area contributed by atoms with Gasteiger partial charge in [0.15, 0.2) is 0 Å². The van der Waals surface area contributed by atoms with Crippen molar-refractivity contribution in [1.29, 1.82) is 0 Å². The van der Waals surface area contributed by atoms with Crippen LogP contribution in [0.15, 0.2) is 119 Å². The van der Waals surface area contributed by atoms with Gasteiger partial charge in [-0.05, 0) is 35.4 Å². The van der Waals surface area contributed by atoms with Crippen LogP contribution in [0.3, 0.4) is 0 Å². The number of para-hydroxylation sites is 2. The van der Waals surface area contributed by atoms with Crippen LogP contribution in [0.2, 0.25) is 0 Å². The van der Waals surface area contributed by atoms with Gasteiger partial charge in [-0.15, -0.1) is 0 Å². The first kappa shape index (κ1) is 23.8. The van der Waals surface area contributed by atoms with Crippen LogP contribution >= 0.6 is 0 Å². The van der Waals surface area contributed by atoms with Gasteiger partial charge in [0.1, 0.15) is 50.0 Å². The van der Waals surface area contributed by atoms with Crippen molar-refractivity contribution < 1.29 is 18.9 Å². The van der Waals surface area contributed by atoms with Crippen molar-refractivity contribution >= 4 is 11.8 Å². The topological polar surface area (TPSA) is 61.6 Å². The second-order valence-electron chi connectivity index (χ2n) is 9.17. The molecular weight excluding hydrogens is 476 g/mol. The smallest absolute Gasteiger partial charge is 0.220 e. The summed E-state index contributed by atoms with van der Waals surface area (Å²) < 4.78 is 24.3. The lowest BCUT2D eigenvalue weighted by Crippen LogP contribution is -2.25. The number of nitrogens with zero attached hydrogens (tertiary/aromatic N) is 2. The highest BCUT2D eigenvalue weighted by molar-refractivity contribution is 5.99. The highest BCUT2D eigenvalue weighted by atomic mass is 16.5. The fraction of sp³-hybridized carbons (Fsp3) is 0.188. The van der Waals surface area contributed by atoms with Crippen molar-refractivity contribution in [1.82, 2.24) is 0 Å². The summed E-state index contributed by atoms with van der Waals surface area (Å²) >= 11 is 0. The molecular formula is C32H28N2O4. The summed E-state index contributed by atoms with van der Waals surface area (Å²) in [6, 6.07) is 35.6. The summed E-state index contributed by atoms with van der Waals surface area (Å²) in [6.45, 7) is 1.84. The molecule has 4 aromatic carbocycles. The molecule has 2 atom stereocenters. The maximum atomic E-state index is 6.11. The predicted octanol–water partition coefficient (Wildman–Crippen LogP) is 5.84. The maximum absolute atomic E-state index is 6.11. The van der Waals surface area contributed by atoms with E-state index in [4.69, 9.17) is 28.9 Å². The van der Waals surface area contributed by atoms with Gasteiger partial charge in [-0.2, -0.15) is 0 Å². The van der Waals surface area contributed by atoms with Gasteiger partial charge in [0.05, 0.1) is 11.1 Å². The zero-order valence-electron chi connectivity index (χ0n) is 20.9. The Labute approximate surface area is 222 Å². The van der Waals surface area contributed by atoms with Gasteiger partial charge < -0.3 is 18.9 Å². The van der Waals surface area contributed by atoms with Gasteiger partial charge in [-0.1, -0.05) is 84.9 Å². The molecule has 6 nitrogen and oxygen atoms in total. The summed E-state index contributed by atoms with van der Waals surface area (Å²) in [5, 5.41) is 0. The third-order valence-corrected chi connectivity index (χ3v) is 6.50. The van der Waals surface area contributed by atoms with Crippen molar-refractivity contribution in [2.75, 3.05) is 13.2 Å². The zero-order valence-corrected chi connectivity index (χ0v) is 20.9. The van der Waals surface area contributed by atoms with E-state index in [9.17, 15) is 0 Å². The van der Waals surface area contributed by atoms with Crippen molar-refractivity contribution in [2.45, 2.75) is 25.3 Å². The third kappa shape index (κ3) is 5.39. The van der Waals surface area contributed by atoms with Gasteiger partial charge in [-0.3, -0.25) is 0 Å². The SMILES string of the molecule is c1ccc(COc2ccccc2C2=N[C@@H]([C@H]3COC(c4ccccc4OCc4ccccc4)=N3)CO2)cc1. The molecule has 0 amide bonds. The van der Waals surface area contributed by atoms with Gasteiger partial charge in [0, 0.05) is 0 Å². The number of hydrogen-bond acceptors (Lipinski definition) is 6. The normalized spacial score (nSPS) is 18.2. The molecule has 0 fully saturated rings. The van der Waals surface area contributed by atoms with Crippen LogP contribution in [0.25, 0.3) is 0 Å². The van der Waals surface area contributed by atoms with Gasteiger partial charge in [-0.25, -0.2) is 9.98 Å². The van der Waals surface area contributed by atoms with Crippen molar-refractivity contribution in [3.63, 3.8) is 0 Å². The second-order valence-corrected chi connectivity index (χ2v) is 9.17. The van der Waals surface area contributed by atoms with Crippen LogP contribution in [0, 0.1) is 0 Å². The molecule has 2 aliphatic rings. The van der Waals surface area contributed by atoms with E-state index in [1.807, 2.05) is 109 Å². The Morgan fingerprint density at radius 2 is 0.921 bits per heavy atom. The minimum atomic E-state index is -0.137. The molecule has 190 valence electrons. The number of benzene rings is 4. The maximum Gasteiger partial charge on any atom is 0.220 e. The average molecular weight is 505 g/mol. The minimum Gasteiger partial charge on any atom is -0.488 e. The fourth-order valence-corrected chi connectivity index (χ4v) is 4.48. The molecule has 38 heavy (non-hydrogen) atoms. The van der Waals surface area contributed by atoms with E-state index < -0.39 is 0 Å². The van der Waals surface area contributed by atoms with Crippen LogP contribution in [0.5, 0.6) is 11.5 Å². The number of rotatable bonds is 9. The van der Waals surface area contributed by atoms with E-state index in [2.05, 4.69) is 0 Å². The first-order chi connectivity index (χ1) is 18.8. The Hall–Kier alpha value is -4.58. The lowest BCUT2D eigenvalue weighted by atomic mass is 10.1. The number of hydrogen-bond donors (Lipinski definition) is 0. The average Bonchev–Trinajstić information content (AvgIpc) is 3.67. The Balaban J connectivity index is 1.16. The Morgan fingerprint density at radius 1 is 0.526 bits per heavy atom. The molecule has 2 heterocycles. The molecule has 0 aromatic heterocycles. The highest BCUT2D eigenvalue weighted by Crippen LogP contribution is 2.28. The summed E-state index contributed by atoms with van der Waals surface area (Å²) in [4.78, 5) is 9.76. The monoisotopic (exact) mass is 504 g/mol. The first-order valence-electron chi connectivity index (χ1n) is 12.8. The molecule has 2 aliphatic heterocycles. The molecule has 0 bridgehead atoms. The largest absolute Gasteiger partial charge is 0.488 e. The molecule has 6 rings (SSSR count). The molecule has 0 N–H and O–H groups in total. The van der Waals surface area contributed by atoms with Crippen LogP contribution in [0.1, 0.15) is 22.3 Å². The van der Waals surface area contributed by atoms with E-state index in [1.165, 1.54) is 0 Å². The fourth-order valence-electron chi connectivity index (χ4n) is 4.48. The number of aliphatic imine (C=N–C) groups is 2. The summed E-state index contributed by atoms with van der Waals surface area (Å²) in [5.74, 6) is 2.64. The lowest BCUT2D eigenvalue weighted by molar-refractivity contribution is 0.261. The van der Waals surface area contributed by atoms with E-state index in [-0.39, 0.29) is 12.1 Å². The Morgan fingerprint density at radius 3 is 1.37 bits per heavy atom. The molecule has 0 aliphatic carbocycles. The van der Waals surface area contributed by atoms with Gasteiger partial charge >= 0.3 is 0 Å². The van der Waals surface area contributed by atoms with Crippen LogP contribution < -0.4 is 9.47 Å². The van der Waals surface area contributed by atoms with Crippen LogP contribution in [-0.4, -0.2) is 37.1 Å². The van der Waals surface area contributed by atoms with Gasteiger partial charge in [0.2, 0.25) is 11.8 Å². The van der Waals surface area contributed by atoms with Gasteiger partial charge in [0.25, 0.3) is 0 Å². The number of ether oxygens (including phenoxy) is 4. The molecule has 6 heteroatoms. The second kappa shape index (κ2) is 11.2. The third-order valence-electron chi connectivity index (χ3n) is 6.50. The molecule has 0 saturated heterocycles. The summed E-state index contributed by atoms with van der Waals surface area (Å²) in [5.41, 5.74) is 3.89. The van der Waals surface area contributed by atoms with Crippen molar-refractivity contribution in [3.05, 3.63) is 131 Å². The highest BCUT2D eigenvalue weighted by Gasteiger charge is 2.34. The van der Waals surface area contributed by atoms with E-state index in [0.29, 0.717) is 38.2 Å². The first-order valence-corrected chi connectivity index (χ1v) is 12.8. The van der Waals surface area contributed by atoms with E-state index in [0.717, 1.165) is 33.8 Å².